The summed E-state index contributed by atoms with van der Waals surface area (Å²) in [7, 11) is 2.01. The Morgan fingerprint density at radius 2 is 1.67 bits per heavy atom. The highest BCUT2D eigenvalue weighted by molar-refractivity contribution is 4.54. The lowest BCUT2D eigenvalue weighted by molar-refractivity contribution is 0.0494. The smallest absolute Gasteiger partial charge is 0.0549 e. The van der Waals surface area contributed by atoms with Gasteiger partial charge in [0.2, 0.25) is 0 Å². The van der Waals surface area contributed by atoms with Gasteiger partial charge in [-0.2, -0.15) is 0 Å². The van der Waals surface area contributed by atoms with Crippen LogP contribution < -0.4 is 5.32 Å². The number of rotatable bonds is 10. The normalized spacial score (nSPS) is 13.4. The molecule has 0 aromatic heterocycles. The van der Waals surface area contributed by atoms with Crippen molar-refractivity contribution in [1.29, 1.82) is 0 Å². The lowest BCUT2D eigenvalue weighted by Crippen LogP contribution is -2.12. The zero-order chi connectivity index (χ0) is 11.5. The highest BCUT2D eigenvalue weighted by Gasteiger charge is 2.04. The Hall–Kier alpha value is -0.0800. The maximum atomic E-state index is 5.74. The largest absolute Gasteiger partial charge is 0.379 e. The third kappa shape index (κ3) is 11.8. The molecule has 92 valence electrons. The van der Waals surface area contributed by atoms with E-state index in [4.69, 9.17) is 4.74 Å². The van der Waals surface area contributed by atoms with E-state index in [0.717, 1.165) is 19.1 Å². The van der Waals surface area contributed by atoms with Crippen LogP contribution in [0, 0.1) is 5.92 Å². The van der Waals surface area contributed by atoms with E-state index >= 15 is 0 Å². The highest BCUT2D eigenvalue weighted by Crippen LogP contribution is 2.08. The van der Waals surface area contributed by atoms with Crippen LogP contribution in [0.1, 0.15) is 52.9 Å². The standard InChI is InChI=1S/C13H29NO/c1-12(2)11-13(3)15-10-8-6-5-7-9-14-4/h12-14H,5-11H2,1-4H3. The topological polar surface area (TPSA) is 21.3 Å². The molecule has 0 saturated carbocycles. The van der Waals surface area contributed by atoms with Crippen molar-refractivity contribution in [3.05, 3.63) is 0 Å². The molecule has 0 saturated heterocycles. The van der Waals surface area contributed by atoms with Crippen molar-refractivity contribution < 1.29 is 4.74 Å². The first-order chi connectivity index (χ1) is 7.16. The summed E-state index contributed by atoms with van der Waals surface area (Å²) in [5.41, 5.74) is 0. The van der Waals surface area contributed by atoms with Gasteiger partial charge < -0.3 is 10.1 Å². The molecule has 1 unspecified atom stereocenters. The van der Waals surface area contributed by atoms with Crippen LogP contribution in [0.3, 0.4) is 0 Å². The van der Waals surface area contributed by atoms with Gasteiger partial charge in [-0.05, 0) is 45.7 Å². The summed E-state index contributed by atoms with van der Waals surface area (Å²) >= 11 is 0. The minimum atomic E-state index is 0.433. The Morgan fingerprint density at radius 1 is 1.00 bits per heavy atom. The molecule has 0 aliphatic rings. The zero-order valence-corrected chi connectivity index (χ0v) is 11.0. The van der Waals surface area contributed by atoms with Crippen LogP contribution in [-0.2, 0) is 4.74 Å². The average molecular weight is 215 g/mol. The quantitative estimate of drug-likeness (QED) is 0.565. The van der Waals surface area contributed by atoms with E-state index in [1.54, 1.807) is 0 Å². The highest BCUT2D eigenvalue weighted by atomic mass is 16.5. The molecule has 0 bridgehead atoms. The van der Waals surface area contributed by atoms with Crippen LogP contribution >= 0.6 is 0 Å². The van der Waals surface area contributed by atoms with Gasteiger partial charge in [0.05, 0.1) is 6.10 Å². The summed E-state index contributed by atoms with van der Waals surface area (Å²) in [5, 5.41) is 3.17. The molecule has 1 atom stereocenters. The molecule has 1 N–H and O–H groups in total. The molecule has 0 fully saturated rings. The Balaban J connectivity index is 3.09. The predicted molar refractivity (Wildman–Crippen MR) is 67.3 cm³/mol. The Labute approximate surface area is 95.8 Å². The monoisotopic (exact) mass is 215 g/mol. The first-order valence-corrected chi connectivity index (χ1v) is 6.43. The molecule has 0 aromatic carbocycles. The number of ether oxygens (including phenoxy) is 1. The molecule has 2 heteroatoms. The van der Waals surface area contributed by atoms with E-state index < -0.39 is 0 Å². The number of hydrogen-bond donors (Lipinski definition) is 1. The SMILES string of the molecule is CNCCCCCCOC(C)CC(C)C. The molecule has 0 aliphatic heterocycles. The molecule has 0 heterocycles. The van der Waals surface area contributed by atoms with Crippen LogP contribution in [0.25, 0.3) is 0 Å². The summed E-state index contributed by atoms with van der Waals surface area (Å²) < 4.78 is 5.74. The fourth-order valence-corrected chi connectivity index (χ4v) is 1.77. The molecular weight excluding hydrogens is 186 g/mol. The van der Waals surface area contributed by atoms with Gasteiger partial charge in [-0.3, -0.25) is 0 Å². The van der Waals surface area contributed by atoms with Gasteiger partial charge in [0.1, 0.15) is 0 Å². The molecule has 15 heavy (non-hydrogen) atoms. The van der Waals surface area contributed by atoms with E-state index in [2.05, 4.69) is 26.1 Å². The van der Waals surface area contributed by atoms with Crippen LogP contribution in [0.4, 0.5) is 0 Å². The second-order valence-corrected chi connectivity index (χ2v) is 4.83. The summed E-state index contributed by atoms with van der Waals surface area (Å²) in [6.45, 7) is 8.76. The lowest BCUT2D eigenvalue weighted by Gasteiger charge is -2.14. The first-order valence-electron chi connectivity index (χ1n) is 6.43. The van der Waals surface area contributed by atoms with Gasteiger partial charge in [-0.15, -0.1) is 0 Å². The Bertz CT molecular complexity index is 126. The third-order valence-corrected chi connectivity index (χ3v) is 2.53. The fourth-order valence-electron chi connectivity index (χ4n) is 1.77. The zero-order valence-electron chi connectivity index (χ0n) is 11.0. The maximum absolute atomic E-state index is 5.74. The van der Waals surface area contributed by atoms with Gasteiger partial charge in [-0.1, -0.05) is 26.7 Å². The molecular formula is C13H29NO. The average Bonchev–Trinajstić information content (AvgIpc) is 2.15. The van der Waals surface area contributed by atoms with Crippen molar-refractivity contribution >= 4 is 0 Å². The van der Waals surface area contributed by atoms with Crippen LogP contribution in [0.5, 0.6) is 0 Å². The molecule has 0 amide bonds. The number of nitrogens with one attached hydrogen (secondary N) is 1. The molecule has 0 radical (unpaired) electrons. The van der Waals surface area contributed by atoms with E-state index in [1.165, 1.54) is 32.1 Å². The van der Waals surface area contributed by atoms with Crippen LogP contribution in [0.15, 0.2) is 0 Å². The minimum absolute atomic E-state index is 0.433. The summed E-state index contributed by atoms with van der Waals surface area (Å²) in [6, 6.07) is 0. The van der Waals surface area contributed by atoms with Crippen molar-refractivity contribution in [2.45, 2.75) is 59.0 Å². The summed E-state index contributed by atoms with van der Waals surface area (Å²) in [4.78, 5) is 0. The molecule has 2 nitrogen and oxygen atoms in total. The number of hydrogen-bond acceptors (Lipinski definition) is 2. The summed E-state index contributed by atoms with van der Waals surface area (Å²) in [5.74, 6) is 0.746. The lowest BCUT2D eigenvalue weighted by atomic mass is 10.1. The maximum Gasteiger partial charge on any atom is 0.0549 e. The molecule has 0 aromatic rings. The van der Waals surface area contributed by atoms with Gasteiger partial charge in [0, 0.05) is 6.61 Å². The van der Waals surface area contributed by atoms with E-state index in [1.807, 2.05) is 7.05 Å². The fraction of sp³-hybridized carbons (Fsp3) is 1.00. The van der Waals surface area contributed by atoms with Crippen molar-refractivity contribution in [2.24, 2.45) is 5.92 Å². The minimum Gasteiger partial charge on any atom is -0.379 e. The van der Waals surface area contributed by atoms with Crippen molar-refractivity contribution in [2.75, 3.05) is 20.2 Å². The molecule has 0 rings (SSSR count). The predicted octanol–water partition coefficient (Wildman–Crippen LogP) is 3.22. The Kier molecular flexibility index (Phi) is 10.4. The van der Waals surface area contributed by atoms with Crippen molar-refractivity contribution in [1.82, 2.24) is 5.32 Å². The first kappa shape index (κ1) is 14.9. The van der Waals surface area contributed by atoms with Gasteiger partial charge >= 0.3 is 0 Å². The molecule has 0 spiro atoms. The van der Waals surface area contributed by atoms with Crippen LogP contribution in [0.2, 0.25) is 0 Å². The van der Waals surface area contributed by atoms with Gasteiger partial charge in [-0.25, -0.2) is 0 Å². The van der Waals surface area contributed by atoms with Gasteiger partial charge in [0.15, 0.2) is 0 Å². The van der Waals surface area contributed by atoms with E-state index in [9.17, 15) is 0 Å². The third-order valence-electron chi connectivity index (χ3n) is 2.53. The Morgan fingerprint density at radius 3 is 2.27 bits per heavy atom. The number of unbranched alkanes of at least 4 members (excludes halogenated alkanes) is 3. The van der Waals surface area contributed by atoms with E-state index in [0.29, 0.717) is 6.10 Å². The van der Waals surface area contributed by atoms with Crippen LogP contribution in [-0.4, -0.2) is 26.3 Å². The van der Waals surface area contributed by atoms with Crippen molar-refractivity contribution in [3.63, 3.8) is 0 Å². The second kappa shape index (κ2) is 10.4. The summed E-state index contributed by atoms with van der Waals surface area (Å²) in [6.07, 6.45) is 6.74. The second-order valence-electron chi connectivity index (χ2n) is 4.83. The molecule has 0 aliphatic carbocycles. The van der Waals surface area contributed by atoms with E-state index in [-0.39, 0.29) is 0 Å². The van der Waals surface area contributed by atoms with Gasteiger partial charge in [0.25, 0.3) is 0 Å². The van der Waals surface area contributed by atoms with Crippen molar-refractivity contribution in [3.8, 4) is 0 Å².